The largest absolute Gasteiger partial charge is 0.466 e. The average molecular weight is 233 g/mol. The van der Waals surface area contributed by atoms with Crippen molar-refractivity contribution in [3.63, 3.8) is 0 Å². The molecule has 0 aliphatic carbocycles. The van der Waals surface area contributed by atoms with Gasteiger partial charge in [0.15, 0.2) is 0 Å². The van der Waals surface area contributed by atoms with Gasteiger partial charge in [0.25, 0.3) is 0 Å². The molecule has 0 aliphatic heterocycles. The lowest BCUT2D eigenvalue weighted by Crippen LogP contribution is -2.05. The number of rotatable bonds is 5. The lowest BCUT2D eigenvalue weighted by molar-refractivity contribution is -0.136. The van der Waals surface area contributed by atoms with Crippen LogP contribution in [0.4, 0.5) is 5.69 Å². The minimum Gasteiger partial charge on any atom is -0.466 e. The van der Waals surface area contributed by atoms with Crippen molar-refractivity contribution in [1.29, 1.82) is 0 Å². The zero-order chi connectivity index (χ0) is 12.7. The average Bonchev–Trinajstić information content (AvgIpc) is 2.35. The first kappa shape index (κ1) is 13.3. The van der Waals surface area contributed by atoms with E-state index in [0.717, 1.165) is 24.8 Å². The van der Waals surface area contributed by atoms with Crippen LogP contribution in [0.5, 0.6) is 0 Å². The Labute approximate surface area is 102 Å². The molecule has 0 amide bonds. The van der Waals surface area contributed by atoms with Crippen LogP contribution in [0.2, 0.25) is 0 Å². The second-order valence-corrected chi connectivity index (χ2v) is 3.89. The van der Waals surface area contributed by atoms with Crippen molar-refractivity contribution in [2.75, 3.05) is 12.8 Å². The van der Waals surface area contributed by atoms with Crippen LogP contribution in [0.25, 0.3) is 6.08 Å². The SMILES string of the molecule is CCCCC(=Cc1ccccc1N)C(=O)OC. The summed E-state index contributed by atoms with van der Waals surface area (Å²) < 4.78 is 4.77. The number of ether oxygens (including phenoxy) is 1. The highest BCUT2D eigenvalue weighted by molar-refractivity contribution is 5.94. The highest BCUT2D eigenvalue weighted by Crippen LogP contribution is 2.18. The molecular weight excluding hydrogens is 214 g/mol. The number of hydrogen-bond acceptors (Lipinski definition) is 3. The summed E-state index contributed by atoms with van der Waals surface area (Å²) in [6, 6.07) is 7.48. The molecule has 0 atom stereocenters. The molecule has 0 unspecified atom stereocenters. The molecule has 1 aromatic carbocycles. The minimum absolute atomic E-state index is 0.276. The van der Waals surface area contributed by atoms with Crippen molar-refractivity contribution in [2.45, 2.75) is 26.2 Å². The molecule has 92 valence electrons. The molecule has 3 nitrogen and oxygen atoms in total. The normalized spacial score (nSPS) is 11.3. The van der Waals surface area contributed by atoms with Gasteiger partial charge in [0.2, 0.25) is 0 Å². The van der Waals surface area contributed by atoms with Gasteiger partial charge < -0.3 is 10.5 Å². The van der Waals surface area contributed by atoms with Gasteiger partial charge in [-0.1, -0.05) is 31.5 Å². The lowest BCUT2D eigenvalue weighted by atomic mass is 10.0. The molecule has 1 aromatic rings. The van der Waals surface area contributed by atoms with Crippen molar-refractivity contribution in [3.05, 3.63) is 35.4 Å². The Morgan fingerprint density at radius 1 is 1.41 bits per heavy atom. The highest BCUT2D eigenvalue weighted by atomic mass is 16.5. The van der Waals surface area contributed by atoms with E-state index in [1.165, 1.54) is 7.11 Å². The molecule has 3 heteroatoms. The quantitative estimate of drug-likeness (QED) is 0.483. The van der Waals surface area contributed by atoms with Gasteiger partial charge in [0.05, 0.1) is 7.11 Å². The molecule has 0 saturated heterocycles. The van der Waals surface area contributed by atoms with Gasteiger partial charge in [-0.25, -0.2) is 4.79 Å². The van der Waals surface area contributed by atoms with Crippen LogP contribution in [0, 0.1) is 0 Å². The topological polar surface area (TPSA) is 52.3 Å². The maximum atomic E-state index is 11.6. The number of hydrogen-bond donors (Lipinski definition) is 1. The number of para-hydroxylation sites is 1. The van der Waals surface area contributed by atoms with Crippen molar-refractivity contribution < 1.29 is 9.53 Å². The number of nitrogens with two attached hydrogens (primary N) is 1. The third kappa shape index (κ3) is 3.94. The first-order chi connectivity index (χ1) is 8.19. The summed E-state index contributed by atoms with van der Waals surface area (Å²) in [7, 11) is 1.40. The zero-order valence-corrected chi connectivity index (χ0v) is 10.4. The van der Waals surface area contributed by atoms with E-state index in [4.69, 9.17) is 10.5 Å². The van der Waals surface area contributed by atoms with E-state index in [9.17, 15) is 4.79 Å². The van der Waals surface area contributed by atoms with Gasteiger partial charge in [0, 0.05) is 11.3 Å². The maximum absolute atomic E-state index is 11.6. The Balaban J connectivity index is 2.96. The first-order valence-corrected chi connectivity index (χ1v) is 5.82. The fraction of sp³-hybridized carbons (Fsp3) is 0.357. The summed E-state index contributed by atoms with van der Waals surface area (Å²) in [6.07, 6.45) is 4.54. The van der Waals surface area contributed by atoms with Crippen molar-refractivity contribution in [3.8, 4) is 0 Å². The number of anilines is 1. The number of carbonyl (C=O) groups excluding carboxylic acids is 1. The molecule has 0 bridgehead atoms. The Morgan fingerprint density at radius 2 is 2.12 bits per heavy atom. The van der Waals surface area contributed by atoms with Gasteiger partial charge in [-0.15, -0.1) is 0 Å². The summed E-state index contributed by atoms with van der Waals surface area (Å²) in [5, 5.41) is 0. The minimum atomic E-state index is -0.276. The van der Waals surface area contributed by atoms with E-state index in [1.54, 1.807) is 0 Å². The third-order valence-corrected chi connectivity index (χ3v) is 2.57. The third-order valence-electron chi connectivity index (χ3n) is 2.57. The first-order valence-electron chi connectivity index (χ1n) is 5.82. The number of benzene rings is 1. The predicted molar refractivity (Wildman–Crippen MR) is 70.4 cm³/mol. The molecule has 0 radical (unpaired) electrons. The van der Waals surface area contributed by atoms with Gasteiger partial charge in [-0.2, -0.15) is 0 Å². The van der Waals surface area contributed by atoms with E-state index in [0.29, 0.717) is 11.3 Å². The highest BCUT2D eigenvalue weighted by Gasteiger charge is 2.09. The smallest absolute Gasteiger partial charge is 0.333 e. The predicted octanol–water partition coefficient (Wildman–Crippen LogP) is 3.02. The fourth-order valence-corrected chi connectivity index (χ4v) is 1.56. The van der Waals surface area contributed by atoms with Crippen molar-refractivity contribution >= 4 is 17.7 Å². The maximum Gasteiger partial charge on any atom is 0.333 e. The van der Waals surface area contributed by atoms with Crippen LogP contribution in [0.15, 0.2) is 29.8 Å². The number of unbranched alkanes of at least 4 members (excludes halogenated alkanes) is 1. The second kappa shape index (κ2) is 6.74. The van der Waals surface area contributed by atoms with Gasteiger partial charge in [-0.05, 0) is 30.5 Å². The van der Waals surface area contributed by atoms with E-state index < -0.39 is 0 Å². The number of methoxy groups -OCH3 is 1. The molecule has 0 fully saturated rings. The molecular formula is C14H19NO2. The molecule has 0 heterocycles. The van der Waals surface area contributed by atoms with Crippen LogP contribution >= 0.6 is 0 Å². The summed E-state index contributed by atoms with van der Waals surface area (Å²) in [6.45, 7) is 2.09. The Morgan fingerprint density at radius 3 is 2.71 bits per heavy atom. The zero-order valence-electron chi connectivity index (χ0n) is 10.4. The molecule has 0 saturated carbocycles. The molecule has 17 heavy (non-hydrogen) atoms. The van der Waals surface area contributed by atoms with Gasteiger partial charge in [-0.3, -0.25) is 0 Å². The molecule has 0 aromatic heterocycles. The van der Waals surface area contributed by atoms with Crippen LogP contribution < -0.4 is 5.73 Å². The standard InChI is InChI=1S/C14H19NO2/c1-3-4-7-12(14(16)17-2)10-11-8-5-6-9-13(11)15/h5-6,8-10H,3-4,7,15H2,1-2H3. The van der Waals surface area contributed by atoms with Crippen LogP contribution in [-0.2, 0) is 9.53 Å². The molecule has 2 N–H and O–H groups in total. The molecule has 0 aliphatic rings. The Kier molecular flexibility index (Phi) is 5.27. The van der Waals surface area contributed by atoms with E-state index in [1.807, 2.05) is 30.3 Å². The van der Waals surface area contributed by atoms with Crippen LogP contribution in [0.3, 0.4) is 0 Å². The second-order valence-electron chi connectivity index (χ2n) is 3.89. The van der Waals surface area contributed by atoms with Crippen molar-refractivity contribution in [1.82, 2.24) is 0 Å². The van der Waals surface area contributed by atoms with Gasteiger partial charge >= 0.3 is 5.97 Å². The van der Waals surface area contributed by atoms with E-state index in [2.05, 4.69) is 6.92 Å². The van der Waals surface area contributed by atoms with Crippen LogP contribution in [0.1, 0.15) is 31.7 Å². The molecule has 0 spiro atoms. The van der Waals surface area contributed by atoms with Gasteiger partial charge in [0.1, 0.15) is 0 Å². The Bertz CT molecular complexity index is 410. The monoisotopic (exact) mass is 233 g/mol. The lowest BCUT2D eigenvalue weighted by Gasteiger charge is -2.06. The summed E-state index contributed by atoms with van der Waals surface area (Å²) in [5.74, 6) is -0.276. The summed E-state index contributed by atoms with van der Waals surface area (Å²) in [5.41, 5.74) is 8.05. The van der Waals surface area contributed by atoms with Crippen molar-refractivity contribution in [2.24, 2.45) is 0 Å². The summed E-state index contributed by atoms with van der Waals surface area (Å²) in [4.78, 5) is 11.6. The Hall–Kier alpha value is -1.77. The number of esters is 1. The van der Waals surface area contributed by atoms with E-state index in [-0.39, 0.29) is 5.97 Å². The van der Waals surface area contributed by atoms with E-state index >= 15 is 0 Å². The number of carbonyl (C=O) groups is 1. The molecule has 1 rings (SSSR count). The number of nitrogen functional groups attached to an aromatic ring is 1. The van der Waals surface area contributed by atoms with Crippen LogP contribution in [-0.4, -0.2) is 13.1 Å². The fourth-order valence-electron chi connectivity index (χ4n) is 1.56. The summed E-state index contributed by atoms with van der Waals surface area (Å²) >= 11 is 0.